The number of hydrogen-bond donors (Lipinski definition) is 1. The van der Waals surface area contributed by atoms with E-state index in [0.29, 0.717) is 28.6 Å². The normalized spacial score (nSPS) is 10.5. The Hall–Kier alpha value is -3.95. The molecule has 0 radical (unpaired) electrons. The molecule has 0 unspecified atom stereocenters. The zero-order chi connectivity index (χ0) is 24.7. The molecular formula is C23H28O10. The van der Waals surface area contributed by atoms with Crippen LogP contribution in [0.25, 0.3) is 6.08 Å². The molecule has 1 N–H and O–H groups in total. The number of ketones is 1. The van der Waals surface area contributed by atoms with Crippen LogP contribution in [0.2, 0.25) is 0 Å². The molecule has 10 nitrogen and oxygen atoms in total. The number of phenolic OH excluding ortho intramolecular Hbond substituents is 1. The minimum atomic E-state index is -0.609. The molecule has 33 heavy (non-hydrogen) atoms. The van der Waals surface area contributed by atoms with E-state index in [1.807, 2.05) is 0 Å². The van der Waals surface area contributed by atoms with Crippen LogP contribution in [0.15, 0.2) is 12.1 Å². The van der Waals surface area contributed by atoms with Crippen molar-refractivity contribution in [3.05, 3.63) is 23.3 Å². The molecule has 2 aromatic rings. The largest absolute Gasteiger partial charge is 0.504 e. The van der Waals surface area contributed by atoms with E-state index in [0.717, 1.165) is 0 Å². The molecule has 0 aromatic heterocycles. The molecule has 0 atom stereocenters. The number of hydrogen-bond acceptors (Lipinski definition) is 10. The molecule has 0 aliphatic heterocycles. The van der Waals surface area contributed by atoms with Crippen molar-refractivity contribution in [1.29, 1.82) is 0 Å². The molecular weight excluding hydrogens is 436 g/mol. The second-order valence-electron chi connectivity index (χ2n) is 6.32. The Morgan fingerprint density at radius 2 is 1.12 bits per heavy atom. The summed E-state index contributed by atoms with van der Waals surface area (Å²) in [5, 5.41) is 10.8. The SMILES string of the molecule is COc1cc(OC)c(OC)c(OC)c1C=CC(=O)c1c(O)c(OC)c(OC)c(OC)c1OC. The quantitative estimate of drug-likeness (QED) is 0.392. The van der Waals surface area contributed by atoms with Gasteiger partial charge < -0.3 is 43.0 Å². The first-order valence-corrected chi connectivity index (χ1v) is 9.56. The van der Waals surface area contributed by atoms with E-state index in [9.17, 15) is 9.90 Å². The van der Waals surface area contributed by atoms with Gasteiger partial charge in [0.05, 0.1) is 62.4 Å². The molecule has 0 saturated heterocycles. The molecule has 0 bridgehead atoms. The molecule has 0 spiro atoms. The summed E-state index contributed by atoms with van der Waals surface area (Å²) < 4.78 is 42.9. The van der Waals surface area contributed by atoms with Crippen molar-refractivity contribution in [2.75, 3.05) is 56.9 Å². The lowest BCUT2D eigenvalue weighted by molar-refractivity contribution is 0.104. The molecule has 180 valence electrons. The van der Waals surface area contributed by atoms with E-state index >= 15 is 0 Å². The third-order valence-corrected chi connectivity index (χ3v) is 4.81. The van der Waals surface area contributed by atoms with E-state index in [4.69, 9.17) is 37.9 Å². The molecule has 2 rings (SSSR count). The van der Waals surface area contributed by atoms with Crippen LogP contribution in [0, 0.1) is 0 Å². The van der Waals surface area contributed by atoms with E-state index in [2.05, 4.69) is 0 Å². The molecule has 0 fully saturated rings. The van der Waals surface area contributed by atoms with Gasteiger partial charge >= 0.3 is 0 Å². The van der Waals surface area contributed by atoms with Crippen molar-refractivity contribution >= 4 is 11.9 Å². The van der Waals surface area contributed by atoms with Gasteiger partial charge in [-0.15, -0.1) is 0 Å². The topological polar surface area (TPSA) is 111 Å². The molecule has 0 heterocycles. The second kappa shape index (κ2) is 11.1. The second-order valence-corrected chi connectivity index (χ2v) is 6.32. The maximum absolute atomic E-state index is 13.2. The van der Waals surface area contributed by atoms with Crippen LogP contribution >= 0.6 is 0 Å². The van der Waals surface area contributed by atoms with E-state index < -0.39 is 11.5 Å². The summed E-state index contributed by atoms with van der Waals surface area (Å²) >= 11 is 0. The lowest BCUT2D eigenvalue weighted by Crippen LogP contribution is -2.06. The highest BCUT2D eigenvalue weighted by Gasteiger charge is 2.30. The highest BCUT2D eigenvalue weighted by molar-refractivity contribution is 6.12. The van der Waals surface area contributed by atoms with Gasteiger partial charge in [0.25, 0.3) is 0 Å². The van der Waals surface area contributed by atoms with Crippen molar-refractivity contribution in [3.8, 4) is 51.7 Å². The third kappa shape index (κ3) is 4.50. The van der Waals surface area contributed by atoms with Gasteiger partial charge in [-0.05, 0) is 12.2 Å². The zero-order valence-corrected chi connectivity index (χ0v) is 19.9. The summed E-state index contributed by atoms with van der Waals surface area (Å²) in [5.41, 5.74) is 0.235. The maximum Gasteiger partial charge on any atom is 0.211 e. The van der Waals surface area contributed by atoms with Gasteiger partial charge in [0.2, 0.25) is 23.0 Å². The number of aromatic hydroxyl groups is 1. The smallest absolute Gasteiger partial charge is 0.211 e. The summed E-state index contributed by atoms with van der Waals surface area (Å²) in [5.74, 6) is 0.371. The number of benzene rings is 2. The average molecular weight is 464 g/mol. The number of ether oxygens (including phenoxy) is 8. The lowest BCUT2D eigenvalue weighted by Gasteiger charge is -2.19. The summed E-state index contributed by atoms with van der Waals surface area (Å²) in [7, 11) is 11.3. The van der Waals surface area contributed by atoms with Crippen LogP contribution in [0.3, 0.4) is 0 Å². The Morgan fingerprint density at radius 3 is 1.58 bits per heavy atom. The van der Waals surface area contributed by atoms with Crippen LogP contribution in [0.1, 0.15) is 15.9 Å². The average Bonchev–Trinajstić information content (AvgIpc) is 2.84. The van der Waals surface area contributed by atoms with Gasteiger partial charge in [-0.25, -0.2) is 0 Å². The van der Waals surface area contributed by atoms with Crippen molar-refractivity contribution in [3.63, 3.8) is 0 Å². The minimum Gasteiger partial charge on any atom is -0.504 e. The Labute approximate surface area is 192 Å². The van der Waals surface area contributed by atoms with Crippen LogP contribution in [0.5, 0.6) is 51.7 Å². The first kappa shape index (κ1) is 25.3. The van der Waals surface area contributed by atoms with Gasteiger partial charge in [0.1, 0.15) is 11.3 Å². The predicted octanol–water partition coefficient (Wildman–Crippen LogP) is 3.36. The van der Waals surface area contributed by atoms with Gasteiger partial charge in [-0.2, -0.15) is 0 Å². The standard InChI is InChI=1S/C23H28O10/c1-26-14-11-15(27-2)19(29-4)18(28-3)12(14)9-10-13(24)16-17(25)21(31-6)23(33-8)22(32-7)20(16)30-5/h9-11,25H,1-8H3. The predicted molar refractivity (Wildman–Crippen MR) is 120 cm³/mol. The fourth-order valence-corrected chi connectivity index (χ4v) is 3.36. The fourth-order valence-electron chi connectivity index (χ4n) is 3.36. The highest BCUT2D eigenvalue weighted by Crippen LogP contribution is 2.53. The number of allylic oxidation sites excluding steroid dienone is 1. The van der Waals surface area contributed by atoms with Crippen molar-refractivity contribution in [2.45, 2.75) is 0 Å². The molecule has 10 heteroatoms. The molecule has 0 aliphatic carbocycles. The van der Waals surface area contributed by atoms with Crippen LogP contribution < -0.4 is 37.9 Å². The monoisotopic (exact) mass is 464 g/mol. The van der Waals surface area contributed by atoms with Crippen molar-refractivity contribution in [1.82, 2.24) is 0 Å². The van der Waals surface area contributed by atoms with Crippen LogP contribution in [-0.4, -0.2) is 67.8 Å². The van der Waals surface area contributed by atoms with Crippen molar-refractivity contribution in [2.24, 2.45) is 0 Å². The Balaban J connectivity index is 2.72. The first-order valence-electron chi connectivity index (χ1n) is 9.56. The fraction of sp³-hybridized carbons (Fsp3) is 0.348. The van der Waals surface area contributed by atoms with Gasteiger partial charge in [-0.3, -0.25) is 4.79 Å². The number of phenols is 1. The summed E-state index contributed by atoms with van der Waals surface area (Å²) in [4.78, 5) is 13.2. The molecule has 0 aliphatic rings. The first-order chi connectivity index (χ1) is 15.9. The summed E-state index contributed by atoms with van der Waals surface area (Å²) in [6.07, 6.45) is 2.68. The third-order valence-electron chi connectivity index (χ3n) is 4.81. The molecule has 0 amide bonds. The van der Waals surface area contributed by atoms with Crippen molar-refractivity contribution < 1.29 is 47.8 Å². The van der Waals surface area contributed by atoms with E-state index in [-0.39, 0.29) is 28.6 Å². The lowest BCUT2D eigenvalue weighted by atomic mass is 10.0. The zero-order valence-electron chi connectivity index (χ0n) is 19.9. The number of carbonyl (C=O) groups excluding carboxylic acids is 1. The number of methoxy groups -OCH3 is 8. The minimum absolute atomic E-state index is 0.0199. The number of carbonyl (C=O) groups is 1. The Bertz CT molecular complexity index is 1040. The Morgan fingerprint density at radius 1 is 0.636 bits per heavy atom. The van der Waals surface area contributed by atoms with Gasteiger partial charge in [0, 0.05) is 6.07 Å². The highest BCUT2D eigenvalue weighted by atomic mass is 16.6. The van der Waals surface area contributed by atoms with Crippen LogP contribution in [0.4, 0.5) is 0 Å². The Kier molecular flexibility index (Phi) is 8.49. The molecule has 2 aromatic carbocycles. The summed E-state index contributed by atoms with van der Waals surface area (Å²) in [6.45, 7) is 0. The van der Waals surface area contributed by atoms with Gasteiger partial charge in [0.15, 0.2) is 28.8 Å². The molecule has 0 saturated carbocycles. The summed E-state index contributed by atoms with van der Waals surface area (Å²) in [6, 6.07) is 1.60. The van der Waals surface area contributed by atoms with E-state index in [1.165, 1.54) is 69.0 Å². The number of rotatable bonds is 11. The maximum atomic E-state index is 13.2. The van der Waals surface area contributed by atoms with Gasteiger partial charge in [-0.1, -0.05) is 0 Å². The van der Waals surface area contributed by atoms with Crippen LogP contribution in [-0.2, 0) is 0 Å². The van der Waals surface area contributed by atoms with E-state index in [1.54, 1.807) is 6.07 Å².